The minimum Gasteiger partial charge on any atom is -0.495 e. The highest BCUT2D eigenvalue weighted by Crippen LogP contribution is 2.30. The molecule has 1 aromatic carbocycles. The van der Waals surface area contributed by atoms with Crippen molar-refractivity contribution in [3.63, 3.8) is 0 Å². The van der Waals surface area contributed by atoms with Crippen LogP contribution in [0.25, 0.3) is 0 Å². The average molecular weight is 440 g/mol. The van der Waals surface area contributed by atoms with Gasteiger partial charge in [-0.15, -0.1) is 0 Å². The first-order valence-electron chi connectivity index (χ1n) is 11.1. The van der Waals surface area contributed by atoms with Gasteiger partial charge in [0.25, 0.3) is 0 Å². The molecule has 1 unspecified atom stereocenters. The molecule has 1 saturated heterocycles. The number of aromatic nitrogens is 1. The molecule has 8 nitrogen and oxygen atoms in total. The summed E-state index contributed by atoms with van der Waals surface area (Å²) in [6.07, 6.45) is 3.56. The molecule has 0 bridgehead atoms. The van der Waals surface area contributed by atoms with Gasteiger partial charge in [-0.05, 0) is 29.7 Å². The molecule has 2 amide bonds. The molecule has 1 aliphatic heterocycles. The number of methoxy groups -OCH3 is 1. The summed E-state index contributed by atoms with van der Waals surface area (Å²) >= 11 is 0. The lowest BCUT2D eigenvalue weighted by atomic mass is 10.1. The highest BCUT2D eigenvalue weighted by molar-refractivity contribution is 6.35. The molecule has 1 fully saturated rings. The quantitative estimate of drug-likeness (QED) is 0.611. The summed E-state index contributed by atoms with van der Waals surface area (Å²) in [5.41, 5.74) is 2.10. The van der Waals surface area contributed by atoms with E-state index < -0.39 is 11.8 Å². The predicted octanol–water partition coefficient (Wildman–Crippen LogP) is 1.84. The molecule has 2 heterocycles. The number of anilines is 1. The van der Waals surface area contributed by atoms with E-state index >= 15 is 0 Å². The molecule has 0 radical (unpaired) electrons. The van der Waals surface area contributed by atoms with Gasteiger partial charge in [-0.1, -0.05) is 32.0 Å². The maximum Gasteiger partial charge on any atom is 0.309 e. The monoisotopic (exact) mass is 439 g/mol. The highest BCUT2D eigenvalue weighted by Gasteiger charge is 2.27. The van der Waals surface area contributed by atoms with Crippen LogP contribution in [0.4, 0.5) is 5.69 Å². The van der Waals surface area contributed by atoms with Crippen molar-refractivity contribution in [1.29, 1.82) is 0 Å². The first-order chi connectivity index (χ1) is 15.5. The van der Waals surface area contributed by atoms with E-state index in [1.165, 1.54) is 0 Å². The van der Waals surface area contributed by atoms with Gasteiger partial charge in [0.05, 0.1) is 18.8 Å². The van der Waals surface area contributed by atoms with Crippen LogP contribution in [0, 0.1) is 5.92 Å². The number of benzene rings is 1. The van der Waals surface area contributed by atoms with Crippen molar-refractivity contribution in [2.75, 3.05) is 51.3 Å². The second kappa shape index (κ2) is 11.5. The van der Waals surface area contributed by atoms with Crippen molar-refractivity contribution in [1.82, 2.24) is 20.5 Å². The van der Waals surface area contributed by atoms with Gasteiger partial charge in [0.15, 0.2) is 0 Å². The number of nitrogens with one attached hydrogen (secondary N) is 2. The molecular weight excluding hydrogens is 406 g/mol. The van der Waals surface area contributed by atoms with Gasteiger partial charge in [-0.2, -0.15) is 0 Å². The molecule has 0 saturated carbocycles. The van der Waals surface area contributed by atoms with E-state index in [9.17, 15) is 9.59 Å². The molecule has 8 heteroatoms. The Morgan fingerprint density at radius 2 is 1.69 bits per heavy atom. The second-order valence-electron chi connectivity index (χ2n) is 8.31. The van der Waals surface area contributed by atoms with Crippen molar-refractivity contribution in [2.45, 2.75) is 19.9 Å². The van der Waals surface area contributed by atoms with Gasteiger partial charge in [-0.25, -0.2) is 0 Å². The third-order valence-electron chi connectivity index (χ3n) is 5.58. The summed E-state index contributed by atoms with van der Waals surface area (Å²) in [5, 5.41) is 5.47. The molecule has 3 rings (SSSR count). The first kappa shape index (κ1) is 23.5. The van der Waals surface area contributed by atoms with Gasteiger partial charge in [0.2, 0.25) is 0 Å². The fraction of sp³-hybridized carbons (Fsp3) is 0.458. The van der Waals surface area contributed by atoms with Crippen LogP contribution in [-0.4, -0.2) is 68.1 Å². The van der Waals surface area contributed by atoms with Crippen LogP contribution in [-0.2, 0) is 9.59 Å². The van der Waals surface area contributed by atoms with Gasteiger partial charge in [0.1, 0.15) is 5.75 Å². The summed E-state index contributed by atoms with van der Waals surface area (Å²) < 4.78 is 5.52. The third-order valence-corrected chi connectivity index (χ3v) is 5.58. The van der Waals surface area contributed by atoms with Crippen LogP contribution in [0.5, 0.6) is 5.75 Å². The van der Waals surface area contributed by atoms with E-state index in [0.29, 0.717) is 13.1 Å². The van der Waals surface area contributed by atoms with Gasteiger partial charge >= 0.3 is 11.8 Å². The molecular formula is C24H33N5O3. The Hall–Kier alpha value is -3.13. The Bertz CT molecular complexity index is 882. The number of hydrogen-bond donors (Lipinski definition) is 2. The Balaban J connectivity index is 1.64. The average Bonchev–Trinajstić information content (AvgIpc) is 2.83. The number of piperazine rings is 1. The van der Waals surface area contributed by atoms with E-state index in [4.69, 9.17) is 4.74 Å². The van der Waals surface area contributed by atoms with Crippen molar-refractivity contribution in [3.8, 4) is 5.75 Å². The highest BCUT2D eigenvalue weighted by atomic mass is 16.5. The Kier molecular flexibility index (Phi) is 8.44. The smallest absolute Gasteiger partial charge is 0.309 e. The van der Waals surface area contributed by atoms with E-state index in [1.807, 2.05) is 50.4 Å². The maximum absolute atomic E-state index is 12.3. The zero-order chi connectivity index (χ0) is 22.9. The Morgan fingerprint density at radius 1 is 1.00 bits per heavy atom. The first-order valence-corrected chi connectivity index (χ1v) is 11.1. The summed E-state index contributed by atoms with van der Waals surface area (Å²) in [5.74, 6) is -0.0457. The van der Waals surface area contributed by atoms with Crippen LogP contribution in [0.2, 0.25) is 0 Å². The lowest BCUT2D eigenvalue weighted by Gasteiger charge is -2.40. The van der Waals surface area contributed by atoms with Crippen molar-refractivity contribution < 1.29 is 14.3 Å². The molecule has 0 spiro atoms. The molecule has 32 heavy (non-hydrogen) atoms. The fourth-order valence-electron chi connectivity index (χ4n) is 3.84. The number of hydrogen-bond acceptors (Lipinski definition) is 6. The summed E-state index contributed by atoms with van der Waals surface area (Å²) in [6, 6.07) is 11.9. The largest absolute Gasteiger partial charge is 0.495 e. The molecule has 1 aromatic heterocycles. The lowest BCUT2D eigenvalue weighted by Crippen LogP contribution is -2.51. The van der Waals surface area contributed by atoms with E-state index in [1.54, 1.807) is 13.3 Å². The van der Waals surface area contributed by atoms with Gasteiger partial charge < -0.3 is 20.3 Å². The third kappa shape index (κ3) is 6.20. The summed E-state index contributed by atoms with van der Waals surface area (Å²) in [7, 11) is 1.69. The summed E-state index contributed by atoms with van der Waals surface area (Å²) in [6.45, 7) is 8.08. The standard InChI is InChI=1S/C24H33N5O3/c1-18(2)15-26-23(30)24(31)27-17-21(19-7-6-10-25-16-19)29-13-11-28(12-14-29)20-8-4-5-9-22(20)32-3/h4-10,16,18,21H,11-15,17H2,1-3H3,(H,26,30)(H,27,31). The predicted molar refractivity (Wildman–Crippen MR) is 125 cm³/mol. The van der Waals surface area contributed by atoms with Crippen molar-refractivity contribution in [2.24, 2.45) is 5.92 Å². The normalized spacial score (nSPS) is 15.3. The molecule has 2 aromatic rings. The molecule has 2 N–H and O–H groups in total. The number of ether oxygens (including phenoxy) is 1. The van der Waals surface area contributed by atoms with Crippen molar-refractivity contribution >= 4 is 17.5 Å². The van der Waals surface area contributed by atoms with Crippen LogP contribution in [0.15, 0.2) is 48.8 Å². The zero-order valence-corrected chi connectivity index (χ0v) is 19.1. The number of nitrogens with zero attached hydrogens (tertiary/aromatic N) is 3. The van der Waals surface area contributed by atoms with E-state index in [-0.39, 0.29) is 12.0 Å². The topological polar surface area (TPSA) is 86.8 Å². The maximum atomic E-state index is 12.3. The minimum atomic E-state index is -0.604. The van der Waals surface area contributed by atoms with Crippen molar-refractivity contribution in [3.05, 3.63) is 54.4 Å². The van der Waals surface area contributed by atoms with Crippen LogP contribution in [0.1, 0.15) is 25.5 Å². The number of rotatable bonds is 8. The second-order valence-corrected chi connectivity index (χ2v) is 8.31. The van der Waals surface area contributed by atoms with Crippen LogP contribution in [0.3, 0.4) is 0 Å². The van der Waals surface area contributed by atoms with Gasteiger partial charge in [0, 0.05) is 51.7 Å². The fourth-order valence-corrected chi connectivity index (χ4v) is 3.84. The Morgan fingerprint density at radius 3 is 2.31 bits per heavy atom. The number of pyridine rings is 1. The SMILES string of the molecule is COc1ccccc1N1CCN(C(CNC(=O)C(=O)NCC(C)C)c2cccnc2)CC1. The number of amides is 2. The van der Waals surface area contributed by atoms with E-state index in [0.717, 1.165) is 43.2 Å². The van der Waals surface area contributed by atoms with Crippen LogP contribution < -0.4 is 20.3 Å². The molecule has 0 aliphatic carbocycles. The summed E-state index contributed by atoms with van der Waals surface area (Å²) in [4.78, 5) is 33.3. The zero-order valence-electron chi connectivity index (χ0n) is 19.1. The number of carbonyl (C=O) groups excluding carboxylic acids is 2. The van der Waals surface area contributed by atoms with Gasteiger partial charge in [-0.3, -0.25) is 19.5 Å². The minimum absolute atomic E-state index is 0.0645. The van der Waals surface area contributed by atoms with Crippen LogP contribution >= 0.6 is 0 Å². The molecule has 172 valence electrons. The number of carbonyl (C=O) groups is 2. The molecule has 1 atom stereocenters. The lowest BCUT2D eigenvalue weighted by molar-refractivity contribution is -0.139. The Labute approximate surface area is 190 Å². The van der Waals surface area contributed by atoms with E-state index in [2.05, 4.69) is 31.5 Å². The molecule has 1 aliphatic rings. The number of para-hydroxylation sites is 2.